The summed E-state index contributed by atoms with van der Waals surface area (Å²) in [5.41, 5.74) is 0.980. The highest BCUT2D eigenvalue weighted by Gasteiger charge is 2.11. The van der Waals surface area contributed by atoms with Gasteiger partial charge in [-0.15, -0.1) is 0 Å². The summed E-state index contributed by atoms with van der Waals surface area (Å²) in [7, 11) is 0. The molecular weight excluding hydrogens is 258 g/mol. The minimum atomic E-state index is -0.812. The molecule has 0 aromatic carbocycles. The first-order valence-electron chi connectivity index (χ1n) is 6.67. The van der Waals surface area contributed by atoms with Gasteiger partial charge in [-0.2, -0.15) is 0 Å². The molecule has 1 aromatic rings. The van der Waals surface area contributed by atoms with E-state index in [2.05, 4.69) is 15.6 Å². The van der Waals surface area contributed by atoms with Crippen LogP contribution in [0.3, 0.4) is 0 Å². The van der Waals surface area contributed by atoms with E-state index < -0.39 is 5.97 Å². The number of aromatic nitrogens is 1. The van der Waals surface area contributed by atoms with Gasteiger partial charge in [0.2, 0.25) is 0 Å². The third-order valence-corrected chi connectivity index (χ3v) is 2.96. The van der Waals surface area contributed by atoms with Crippen LogP contribution in [0.5, 0.6) is 0 Å². The SMILES string of the molecule is CC(CCCC(=O)O)NC(=O)NC(C)c1ccncc1. The van der Waals surface area contributed by atoms with Gasteiger partial charge in [0.1, 0.15) is 0 Å². The van der Waals surface area contributed by atoms with Gasteiger partial charge < -0.3 is 15.7 Å². The monoisotopic (exact) mass is 279 g/mol. The zero-order chi connectivity index (χ0) is 15.0. The molecular formula is C14H21N3O3. The molecule has 0 aliphatic heterocycles. The molecule has 6 heteroatoms. The lowest BCUT2D eigenvalue weighted by Gasteiger charge is -2.18. The number of carboxylic acids is 1. The Balaban J connectivity index is 2.30. The molecule has 0 spiro atoms. The Morgan fingerprint density at radius 1 is 1.25 bits per heavy atom. The van der Waals surface area contributed by atoms with E-state index in [0.29, 0.717) is 12.8 Å². The van der Waals surface area contributed by atoms with Gasteiger partial charge in [0.05, 0.1) is 6.04 Å². The normalized spacial score (nSPS) is 13.3. The lowest BCUT2D eigenvalue weighted by atomic mass is 10.1. The fraction of sp³-hybridized carbons (Fsp3) is 0.500. The summed E-state index contributed by atoms with van der Waals surface area (Å²) in [6.45, 7) is 3.75. The van der Waals surface area contributed by atoms with E-state index in [4.69, 9.17) is 5.11 Å². The lowest BCUT2D eigenvalue weighted by molar-refractivity contribution is -0.137. The maximum Gasteiger partial charge on any atom is 0.315 e. The molecule has 0 fully saturated rings. The summed E-state index contributed by atoms with van der Waals surface area (Å²) in [5, 5.41) is 14.2. The molecule has 1 rings (SSSR count). The van der Waals surface area contributed by atoms with Gasteiger partial charge in [0.25, 0.3) is 0 Å². The Bertz CT molecular complexity index is 437. The quantitative estimate of drug-likeness (QED) is 0.712. The molecule has 2 atom stereocenters. The number of rotatable bonds is 7. The van der Waals surface area contributed by atoms with Crippen molar-refractivity contribution in [2.75, 3.05) is 0 Å². The van der Waals surface area contributed by atoms with Crippen molar-refractivity contribution in [2.45, 2.75) is 45.2 Å². The van der Waals surface area contributed by atoms with Crippen LogP contribution in [-0.4, -0.2) is 28.1 Å². The number of carbonyl (C=O) groups is 2. The van der Waals surface area contributed by atoms with Gasteiger partial charge in [-0.3, -0.25) is 9.78 Å². The first-order valence-corrected chi connectivity index (χ1v) is 6.67. The van der Waals surface area contributed by atoms with Crippen molar-refractivity contribution in [3.63, 3.8) is 0 Å². The van der Waals surface area contributed by atoms with Crippen LogP contribution in [0.2, 0.25) is 0 Å². The van der Waals surface area contributed by atoms with Crippen LogP contribution in [0.1, 0.15) is 44.7 Å². The molecule has 2 unspecified atom stereocenters. The molecule has 0 bridgehead atoms. The number of hydrogen-bond donors (Lipinski definition) is 3. The Kier molecular flexibility index (Phi) is 6.49. The van der Waals surface area contributed by atoms with Crippen molar-refractivity contribution in [3.05, 3.63) is 30.1 Å². The molecule has 1 heterocycles. The van der Waals surface area contributed by atoms with E-state index in [9.17, 15) is 9.59 Å². The number of amides is 2. The van der Waals surface area contributed by atoms with Gasteiger partial charge in [0, 0.05) is 24.9 Å². The fourth-order valence-electron chi connectivity index (χ4n) is 1.83. The molecule has 0 aliphatic carbocycles. The lowest BCUT2D eigenvalue weighted by Crippen LogP contribution is -2.41. The Morgan fingerprint density at radius 2 is 1.90 bits per heavy atom. The minimum absolute atomic E-state index is 0.0565. The van der Waals surface area contributed by atoms with Crippen LogP contribution >= 0.6 is 0 Å². The highest BCUT2D eigenvalue weighted by Crippen LogP contribution is 2.09. The molecule has 3 N–H and O–H groups in total. The number of aliphatic carboxylic acids is 1. The molecule has 110 valence electrons. The molecule has 20 heavy (non-hydrogen) atoms. The van der Waals surface area contributed by atoms with Crippen molar-refractivity contribution < 1.29 is 14.7 Å². The topological polar surface area (TPSA) is 91.3 Å². The van der Waals surface area contributed by atoms with Gasteiger partial charge in [0.15, 0.2) is 0 Å². The van der Waals surface area contributed by atoms with E-state index in [1.54, 1.807) is 12.4 Å². The number of nitrogens with one attached hydrogen (secondary N) is 2. The molecule has 0 saturated heterocycles. The number of pyridine rings is 1. The van der Waals surface area contributed by atoms with E-state index in [1.807, 2.05) is 26.0 Å². The smallest absolute Gasteiger partial charge is 0.315 e. The van der Waals surface area contributed by atoms with Crippen LogP contribution in [0.4, 0.5) is 4.79 Å². The van der Waals surface area contributed by atoms with Gasteiger partial charge in [-0.1, -0.05) is 0 Å². The molecule has 1 aromatic heterocycles. The third-order valence-electron chi connectivity index (χ3n) is 2.96. The van der Waals surface area contributed by atoms with Gasteiger partial charge in [-0.05, 0) is 44.4 Å². The summed E-state index contributed by atoms with van der Waals surface area (Å²) in [6, 6.07) is 3.28. The van der Waals surface area contributed by atoms with Crippen molar-refractivity contribution in [1.29, 1.82) is 0 Å². The van der Waals surface area contributed by atoms with Crippen molar-refractivity contribution in [1.82, 2.24) is 15.6 Å². The van der Waals surface area contributed by atoms with Crippen LogP contribution in [-0.2, 0) is 4.79 Å². The summed E-state index contributed by atoms with van der Waals surface area (Å²) >= 11 is 0. The highest BCUT2D eigenvalue weighted by molar-refractivity contribution is 5.74. The first-order chi connectivity index (χ1) is 9.49. The Hall–Kier alpha value is -2.11. The molecule has 6 nitrogen and oxygen atoms in total. The fourth-order valence-corrected chi connectivity index (χ4v) is 1.83. The van der Waals surface area contributed by atoms with Crippen LogP contribution < -0.4 is 10.6 Å². The number of carbonyl (C=O) groups excluding carboxylic acids is 1. The Morgan fingerprint density at radius 3 is 2.50 bits per heavy atom. The maximum atomic E-state index is 11.8. The van der Waals surface area contributed by atoms with Crippen LogP contribution in [0.15, 0.2) is 24.5 Å². The number of nitrogens with zero attached hydrogens (tertiary/aromatic N) is 1. The summed E-state index contributed by atoms with van der Waals surface area (Å²) in [5.74, 6) is -0.812. The third kappa shape index (κ3) is 6.17. The zero-order valence-electron chi connectivity index (χ0n) is 11.8. The predicted molar refractivity (Wildman–Crippen MR) is 75.3 cm³/mol. The van der Waals surface area contributed by atoms with E-state index in [1.165, 1.54) is 0 Å². The number of carboxylic acid groups (broad SMARTS) is 1. The predicted octanol–water partition coefficient (Wildman–Crippen LogP) is 2.09. The second-order valence-electron chi connectivity index (χ2n) is 4.81. The summed E-state index contributed by atoms with van der Waals surface area (Å²) < 4.78 is 0. The molecule has 0 aliphatic rings. The average Bonchev–Trinajstić information content (AvgIpc) is 2.38. The maximum absolute atomic E-state index is 11.8. The molecule has 2 amide bonds. The van der Waals surface area contributed by atoms with Crippen molar-refractivity contribution >= 4 is 12.0 Å². The van der Waals surface area contributed by atoms with Crippen molar-refractivity contribution in [2.24, 2.45) is 0 Å². The number of urea groups is 1. The summed E-state index contributed by atoms with van der Waals surface area (Å²) in [4.78, 5) is 26.1. The van der Waals surface area contributed by atoms with E-state index in [-0.39, 0.29) is 24.5 Å². The number of hydrogen-bond acceptors (Lipinski definition) is 3. The van der Waals surface area contributed by atoms with Crippen molar-refractivity contribution in [3.8, 4) is 0 Å². The summed E-state index contributed by atoms with van der Waals surface area (Å²) in [6.07, 6.45) is 4.68. The molecule has 0 saturated carbocycles. The second-order valence-corrected chi connectivity index (χ2v) is 4.81. The zero-order valence-corrected chi connectivity index (χ0v) is 11.8. The van der Waals surface area contributed by atoms with E-state index in [0.717, 1.165) is 5.56 Å². The van der Waals surface area contributed by atoms with Crippen LogP contribution in [0, 0.1) is 0 Å². The Labute approximate surface area is 118 Å². The average molecular weight is 279 g/mol. The second kappa shape index (κ2) is 8.14. The van der Waals surface area contributed by atoms with Gasteiger partial charge in [-0.25, -0.2) is 4.79 Å². The van der Waals surface area contributed by atoms with E-state index >= 15 is 0 Å². The highest BCUT2D eigenvalue weighted by atomic mass is 16.4. The first kappa shape index (κ1) is 15.9. The largest absolute Gasteiger partial charge is 0.481 e. The van der Waals surface area contributed by atoms with Crippen LogP contribution in [0.25, 0.3) is 0 Å². The van der Waals surface area contributed by atoms with Gasteiger partial charge >= 0.3 is 12.0 Å². The molecule has 0 radical (unpaired) electrons. The standard InChI is InChI=1S/C14H21N3O3/c1-10(4-3-5-13(18)19)16-14(20)17-11(2)12-6-8-15-9-7-12/h6-11H,3-5H2,1-2H3,(H,18,19)(H2,16,17,20). The minimum Gasteiger partial charge on any atom is -0.481 e.